The standard InChI is InChI=1S/C16H24BrN3O/c1-11-3-8-15(14(17)9-11)19-16(21)10-20(2)13-6-4-12(18)5-7-13/h3,8-9,12-13H,4-7,10,18H2,1-2H3,(H,19,21). The summed E-state index contributed by atoms with van der Waals surface area (Å²) >= 11 is 3.48. The maximum atomic E-state index is 12.2. The number of anilines is 1. The van der Waals surface area contributed by atoms with Crippen LogP contribution in [0.25, 0.3) is 0 Å². The van der Waals surface area contributed by atoms with Crippen LogP contribution in [0.2, 0.25) is 0 Å². The first kappa shape index (κ1) is 16.5. The monoisotopic (exact) mass is 353 g/mol. The van der Waals surface area contributed by atoms with Crippen LogP contribution < -0.4 is 11.1 Å². The van der Waals surface area contributed by atoms with Gasteiger partial charge < -0.3 is 11.1 Å². The van der Waals surface area contributed by atoms with E-state index in [1.54, 1.807) is 0 Å². The number of hydrogen-bond acceptors (Lipinski definition) is 3. The smallest absolute Gasteiger partial charge is 0.238 e. The Labute approximate surface area is 135 Å². The molecule has 0 spiro atoms. The molecule has 0 radical (unpaired) electrons. The molecule has 1 amide bonds. The second-order valence-corrected chi connectivity index (χ2v) is 6.87. The SMILES string of the molecule is Cc1ccc(NC(=O)CN(C)C2CCC(N)CC2)c(Br)c1. The maximum absolute atomic E-state index is 12.2. The second kappa shape index (κ2) is 7.38. The zero-order valence-corrected chi connectivity index (χ0v) is 14.3. The molecule has 5 heteroatoms. The molecule has 1 aliphatic carbocycles. The van der Waals surface area contributed by atoms with Crippen molar-refractivity contribution in [3.8, 4) is 0 Å². The Morgan fingerprint density at radius 3 is 2.67 bits per heavy atom. The number of nitrogens with two attached hydrogens (primary N) is 1. The van der Waals surface area contributed by atoms with Crippen LogP contribution in [-0.2, 0) is 4.79 Å². The Kier molecular flexibility index (Phi) is 5.79. The summed E-state index contributed by atoms with van der Waals surface area (Å²) in [5.74, 6) is 0.0249. The first-order chi connectivity index (χ1) is 9.95. The van der Waals surface area contributed by atoms with E-state index in [0.717, 1.165) is 41.4 Å². The molecule has 2 rings (SSSR count). The van der Waals surface area contributed by atoms with Crippen molar-refractivity contribution in [1.82, 2.24) is 4.90 Å². The molecule has 1 aliphatic rings. The Morgan fingerprint density at radius 2 is 2.05 bits per heavy atom. The van der Waals surface area contributed by atoms with E-state index in [-0.39, 0.29) is 5.91 Å². The van der Waals surface area contributed by atoms with Crippen molar-refractivity contribution in [3.05, 3.63) is 28.2 Å². The van der Waals surface area contributed by atoms with Crippen molar-refractivity contribution in [2.45, 2.75) is 44.7 Å². The largest absolute Gasteiger partial charge is 0.328 e. The molecule has 0 atom stereocenters. The van der Waals surface area contributed by atoms with Crippen molar-refractivity contribution >= 4 is 27.5 Å². The first-order valence-electron chi connectivity index (χ1n) is 7.47. The maximum Gasteiger partial charge on any atom is 0.238 e. The number of nitrogens with one attached hydrogen (secondary N) is 1. The lowest BCUT2D eigenvalue weighted by molar-refractivity contribution is -0.117. The zero-order valence-electron chi connectivity index (χ0n) is 12.7. The van der Waals surface area contributed by atoms with Crippen molar-refractivity contribution in [2.24, 2.45) is 5.73 Å². The van der Waals surface area contributed by atoms with Crippen molar-refractivity contribution in [1.29, 1.82) is 0 Å². The molecule has 0 bridgehead atoms. The molecule has 21 heavy (non-hydrogen) atoms. The highest BCUT2D eigenvalue weighted by molar-refractivity contribution is 9.10. The molecule has 0 saturated heterocycles. The Bertz CT molecular complexity index is 498. The second-order valence-electron chi connectivity index (χ2n) is 6.02. The number of nitrogens with zero attached hydrogens (tertiary/aromatic N) is 1. The summed E-state index contributed by atoms with van der Waals surface area (Å²) in [5.41, 5.74) is 7.91. The molecule has 0 aliphatic heterocycles. The minimum Gasteiger partial charge on any atom is -0.328 e. The highest BCUT2D eigenvalue weighted by Gasteiger charge is 2.23. The van der Waals surface area contributed by atoms with Crippen LogP contribution in [0.4, 0.5) is 5.69 Å². The highest BCUT2D eigenvalue weighted by Crippen LogP contribution is 2.24. The molecule has 116 valence electrons. The first-order valence-corrected chi connectivity index (χ1v) is 8.27. The predicted octanol–water partition coefficient (Wildman–Crippen LogP) is 2.90. The third kappa shape index (κ3) is 4.80. The molecule has 1 fully saturated rings. The molecule has 1 saturated carbocycles. The lowest BCUT2D eigenvalue weighted by Gasteiger charge is -2.33. The third-order valence-corrected chi connectivity index (χ3v) is 4.81. The van der Waals surface area contributed by atoms with E-state index in [1.165, 1.54) is 0 Å². The number of likely N-dealkylation sites (N-methyl/N-ethyl adjacent to an activating group) is 1. The van der Waals surface area contributed by atoms with Gasteiger partial charge in [-0.3, -0.25) is 9.69 Å². The minimum absolute atomic E-state index is 0.0249. The fourth-order valence-electron chi connectivity index (χ4n) is 2.81. The van der Waals surface area contributed by atoms with Gasteiger partial charge in [-0.2, -0.15) is 0 Å². The molecular formula is C16H24BrN3O. The van der Waals surface area contributed by atoms with E-state index in [0.29, 0.717) is 18.6 Å². The molecule has 0 heterocycles. The summed E-state index contributed by atoms with van der Waals surface area (Å²) in [6.45, 7) is 2.44. The average molecular weight is 354 g/mol. The summed E-state index contributed by atoms with van der Waals surface area (Å²) in [5, 5.41) is 2.96. The molecule has 1 aromatic carbocycles. The number of rotatable bonds is 4. The van der Waals surface area contributed by atoms with Gasteiger partial charge in [0.25, 0.3) is 0 Å². The van der Waals surface area contributed by atoms with E-state index >= 15 is 0 Å². The highest BCUT2D eigenvalue weighted by atomic mass is 79.9. The number of amides is 1. The topological polar surface area (TPSA) is 58.4 Å². The molecule has 1 aromatic rings. The molecular weight excluding hydrogens is 330 g/mol. The van der Waals surface area contributed by atoms with Gasteiger partial charge in [-0.25, -0.2) is 0 Å². The van der Waals surface area contributed by atoms with Gasteiger partial charge in [-0.1, -0.05) is 6.07 Å². The third-order valence-electron chi connectivity index (χ3n) is 4.16. The van der Waals surface area contributed by atoms with Crippen molar-refractivity contribution in [3.63, 3.8) is 0 Å². The quantitative estimate of drug-likeness (QED) is 0.874. The summed E-state index contributed by atoms with van der Waals surface area (Å²) in [6, 6.07) is 6.73. The van der Waals surface area contributed by atoms with Gasteiger partial charge in [-0.15, -0.1) is 0 Å². The van der Waals surface area contributed by atoms with Gasteiger partial charge in [0.1, 0.15) is 0 Å². The molecule has 3 N–H and O–H groups in total. The Hall–Kier alpha value is -0.910. The normalized spacial score (nSPS) is 22.3. The van der Waals surface area contributed by atoms with Crippen molar-refractivity contribution < 1.29 is 4.79 Å². The van der Waals surface area contributed by atoms with Gasteiger partial charge in [0.05, 0.1) is 12.2 Å². The minimum atomic E-state index is 0.0249. The van der Waals surface area contributed by atoms with Gasteiger partial charge in [0.2, 0.25) is 5.91 Å². The van der Waals surface area contributed by atoms with E-state index in [9.17, 15) is 4.79 Å². The number of hydrogen-bond donors (Lipinski definition) is 2. The number of carbonyl (C=O) groups excluding carboxylic acids is 1. The summed E-state index contributed by atoms with van der Waals surface area (Å²) in [7, 11) is 2.02. The van der Waals surface area contributed by atoms with Gasteiger partial charge in [0.15, 0.2) is 0 Å². The lowest BCUT2D eigenvalue weighted by atomic mass is 9.91. The van der Waals surface area contributed by atoms with Gasteiger partial charge in [0, 0.05) is 16.6 Å². The fraction of sp³-hybridized carbons (Fsp3) is 0.562. The number of halogens is 1. The van der Waals surface area contributed by atoms with E-state index in [4.69, 9.17) is 5.73 Å². The van der Waals surface area contributed by atoms with E-state index in [2.05, 4.69) is 26.1 Å². The van der Waals surface area contributed by atoms with Crippen LogP contribution in [0.5, 0.6) is 0 Å². The van der Waals surface area contributed by atoms with Gasteiger partial charge in [-0.05, 0) is 73.3 Å². The zero-order chi connectivity index (χ0) is 15.4. The fourth-order valence-corrected chi connectivity index (χ4v) is 3.40. The molecule has 4 nitrogen and oxygen atoms in total. The average Bonchev–Trinajstić information content (AvgIpc) is 2.42. The summed E-state index contributed by atoms with van der Waals surface area (Å²) in [4.78, 5) is 14.3. The predicted molar refractivity (Wildman–Crippen MR) is 90.4 cm³/mol. The van der Waals surface area contributed by atoms with Crippen molar-refractivity contribution in [2.75, 3.05) is 18.9 Å². The molecule has 0 unspecified atom stereocenters. The summed E-state index contributed by atoms with van der Waals surface area (Å²) in [6.07, 6.45) is 4.28. The number of benzene rings is 1. The summed E-state index contributed by atoms with van der Waals surface area (Å²) < 4.78 is 0.919. The van der Waals surface area contributed by atoms with Crippen LogP contribution in [0.3, 0.4) is 0 Å². The van der Waals surface area contributed by atoms with Crippen LogP contribution in [0, 0.1) is 6.92 Å². The Morgan fingerprint density at radius 1 is 1.38 bits per heavy atom. The Balaban J connectivity index is 1.86. The van der Waals surface area contributed by atoms with Crippen LogP contribution in [0.15, 0.2) is 22.7 Å². The number of aryl methyl sites for hydroxylation is 1. The van der Waals surface area contributed by atoms with Crippen LogP contribution >= 0.6 is 15.9 Å². The molecule has 0 aromatic heterocycles. The van der Waals surface area contributed by atoms with Crippen LogP contribution in [0.1, 0.15) is 31.2 Å². The number of carbonyl (C=O) groups is 1. The van der Waals surface area contributed by atoms with E-state index < -0.39 is 0 Å². The van der Waals surface area contributed by atoms with Crippen LogP contribution in [-0.4, -0.2) is 36.5 Å². The van der Waals surface area contributed by atoms with E-state index in [1.807, 2.05) is 32.2 Å². The lowest BCUT2D eigenvalue weighted by Crippen LogP contribution is -2.42. The van der Waals surface area contributed by atoms with Gasteiger partial charge >= 0.3 is 0 Å².